The van der Waals surface area contributed by atoms with Gasteiger partial charge in [-0.2, -0.15) is 0 Å². The van der Waals surface area contributed by atoms with Crippen molar-refractivity contribution < 1.29 is 4.79 Å². The van der Waals surface area contributed by atoms with E-state index in [0.717, 1.165) is 12.2 Å². The lowest BCUT2D eigenvalue weighted by Gasteiger charge is -2.12. The van der Waals surface area contributed by atoms with E-state index in [2.05, 4.69) is 10.2 Å². The quantitative estimate of drug-likeness (QED) is 0.821. The fourth-order valence-corrected chi connectivity index (χ4v) is 2.18. The van der Waals surface area contributed by atoms with Crippen LogP contribution >= 0.6 is 0 Å². The Morgan fingerprint density at radius 3 is 2.53 bits per heavy atom. The number of benzene rings is 1. The number of rotatable bonds is 6. The zero-order chi connectivity index (χ0) is 13.8. The average molecular weight is 261 g/mol. The molecule has 0 saturated heterocycles. The number of amides is 1. The molecule has 104 valence electrons. The molecule has 4 heteroatoms. The first-order chi connectivity index (χ1) is 9.04. The van der Waals surface area contributed by atoms with Gasteiger partial charge in [-0.25, -0.2) is 0 Å². The number of carbonyl (C=O) groups excluding carboxylic acids is 1. The highest BCUT2D eigenvalue weighted by molar-refractivity contribution is 5.91. The Hall–Kier alpha value is -1.39. The van der Waals surface area contributed by atoms with Crippen LogP contribution in [0.3, 0.4) is 0 Å². The zero-order valence-corrected chi connectivity index (χ0v) is 11.7. The number of anilines is 1. The number of nitrogens with two attached hydrogens (primary N) is 1. The molecule has 2 rings (SSSR count). The zero-order valence-electron chi connectivity index (χ0n) is 11.7. The van der Waals surface area contributed by atoms with Crippen molar-refractivity contribution >= 4 is 11.6 Å². The van der Waals surface area contributed by atoms with Gasteiger partial charge in [-0.05, 0) is 50.6 Å². The molecule has 1 saturated carbocycles. The molecule has 1 aromatic rings. The number of nitrogens with one attached hydrogen (secondary N) is 1. The van der Waals surface area contributed by atoms with Crippen molar-refractivity contribution in [2.24, 2.45) is 11.7 Å². The van der Waals surface area contributed by atoms with E-state index in [-0.39, 0.29) is 11.9 Å². The predicted octanol–water partition coefficient (Wildman–Crippen LogP) is 1.81. The van der Waals surface area contributed by atoms with Crippen LogP contribution in [0.5, 0.6) is 0 Å². The van der Waals surface area contributed by atoms with E-state index in [1.807, 2.05) is 38.4 Å². The van der Waals surface area contributed by atoms with Crippen molar-refractivity contribution in [3.63, 3.8) is 0 Å². The number of hydrogen-bond acceptors (Lipinski definition) is 3. The first-order valence-electron chi connectivity index (χ1n) is 6.83. The monoisotopic (exact) mass is 261 g/mol. The van der Waals surface area contributed by atoms with Gasteiger partial charge in [0.05, 0.1) is 0 Å². The Balaban J connectivity index is 1.82. The van der Waals surface area contributed by atoms with Crippen molar-refractivity contribution in [2.75, 3.05) is 19.4 Å². The largest absolute Gasteiger partial charge is 0.327 e. The van der Waals surface area contributed by atoms with Crippen LogP contribution in [0.4, 0.5) is 5.69 Å². The maximum atomic E-state index is 11.8. The predicted molar refractivity (Wildman–Crippen MR) is 77.8 cm³/mol. The van der Waals surface area contributed by atoms with Gasteiger partial charge in [-0.15, -0.1) is 0 Å². The molecule has 1 aromatic carbocycles. The van der Waals surface area contributed by atoms with Crippen LogP contribution in [0.25, 0.3) is 0 Å². The van der Waals surface area contributed by atoms with Gasteiger partial charge in [0.2, 0.25) is 5.91 Å². The van der Waals surface area contributed by atoms with E-state index in [0.29, 0.717) is 12.3 Å². The third kappa shape index (κ3) is 4.65. The summed E-state index contributed by atoms with van der Waals surface area (Å²) in [7, 11) is 4.07. The summed E-state index contributed by atoms with van der Waals surface area (Å²) < 4.78 is 0. The van der Waals surface area contributed by atoms with E-state index < -0.39 is 0 Å². The first-order valence-corrected chi connectivity index (χ1v) is 6.83. The van der Waals surface area contributed by atoms with Gasteiger partial charge < -0.3 is 16.0 Å². The highest BCUT2D eigenvalue weighted by Gasteiger charge is 2.29. The number of carbonyl (C=O) groups is 1. The molecule has 0 aromatic heterocycles. The lowest BCUT2D eigenvalue weighted by Crippen LogP contribution is -2.28. The van der Waals surface area contributed by atoms with Crippen LogP contribution in [0.2, 0.25) is 0 Å². The van der Waals surface area contributed by atoms with Crippen molar-refractivity contribution in [2.45, 2.75) is 31.8 Å². The molecule has 1 aliphatic carbocycles. The molecule has 1 atom stereocenters. The normalized spacial score (nSPS) is 16.4. The number of hydrogen-bond donors (Lipinski definition) is 2. The van der Waals surface area contributed by atoms with Crippen LogP contribution in [-0.4, -0.2) is 30.9 Å². The van der Waals surface area contributed by atoms with Gasteiger partial charge in [-0.3, -0.25) is 4.79 Å². The third-order valence-electron chi connectivity index (χ3n) is 3.39. The van der Waals surface area contributed by atoms with E-state index in [1.54, 1.807) is 0 Å². The van der Waals surface area contributed by atoms with Crippen LogP contribution in [0.15, 0.2) is 24.3 Å². The minimum atomic E-state index is 0.0137. The standard InChI is InChI=1S/C15H23N3O/c1-18(2)10-11-3-7-13(8-4-11)17-15(19)9-14(16)12-5-6-12/h3-4,7-8,12,14H,5-6,9-10,16H2,1-2H3,(H,17,19). The van der Waals surface area contributed by atoms with Crippen LogP contribution in [-0.2, 0) is 11.3 Å². The molecule has 0 heterocycles. The topological polar surface area (TPSA) is 58.4 Å². The van der Waals surface area contributed by atoms with E-state index in [9.17, 15) is 4.79 Å². The second-order valence-electron chi connectivity index (χ2n) is 5.69. The molecule has 3 N–H and O–H groups in total. The molecule has 1 fully saturated rings. The SMILES string of the molecule is CN(C)Cc1ccc(NC(=O)CC(N)C2CC2)cc1. The summed E-state index contributed by atoms with van der Waals surface area (Å²) in [5.74, 6) is 0.577. The second-order valence-corrected chi connectivity index (χ2v) is 5.69. The van der Waals surface area contributed by atoms with Crippen molar-refractivity contribution in [3.05, 3.63) is 29.8 Å². The number of nitrogens with zero attached hydrogens (tertiary/aromatic N) is 1. The second kappa shape index (κ2) is 6.17. The molecule has 1 unspecified atom stereocenters. The lowest BCUT2D eigenvalue weighted by atomic mass is 10.1. The van der Waals surface area contributed by atoms with Gasteiger partial charge in [-0.1, -0.05) is 12.1 Å². The van der Waals surface area contributed by atoms with Gasteiger partial charge in [0, 0.05) is 24.7 Å². The Morgan fingerprint density at radius 1 is 1.37 bits per heavy atom. The Morgan fingerprint density at radius 2 is 2.00 bits per heavy atom. The summed E-state index contributed by atoms with van der Waals surface area (Å²) >= 11 is 0. The Bertz CT molecular complexity index is 424. The van der Waals surface area contributed by atoms with E-state index in [4.69, 9.17) is 5.73 Å². The Kier molecular flexibility index (Phi) is 4.56. The van der Waals surface area contributed by atoms with Crippen LogP contribution < -0.4 is 11.1 Å². The van der Waals surface area contributed by atoms with Crippen molar-refractivity contribution in [1.29, 1.82) is 0 Å². The molecule has 1 aliphatic rings. The smallest absolute Gasteiger partial charge is 0.225 e. The van der Waals surface area contributed by atoms with Crippen LogP contribution in [0.1, 0.15) is 24.8 Å². The minimum absolute atomic E-state index is 0.0137. The fourth-order valence-electron chi connectivity index (χ4n) is 2.18. The summed E-state index contributed by atoms with van der Waals surface area (Å²) in [6.07, 6.45) is 2.77. The maximum absolute atomic E-state index is 11.8. The minimum Gasteiger partial charge on any atom is -0.327 e. The molecule has 0 spiro atoms. The average Bonchev–Trinajstić information content (AvgIpc) is 3.14. The molecular weight excluding hydrogens is 238 g/mol. The molecule has 4 nitrogen and oxygen atoms in total. The summed E-state index contributed by atoms with van der Waals surface area (Å²) in [6, 6.07) is 7.99. The Labute approximate surface area is 115 Å². The van der Waals surface area contributed by atoms with Gasteiger partial charge in [0.15, 0.2) is 0 Å². The molecule has 1 amide bonds. The highest BCUT2D eigenvalue weighted by atomic mass is 16.1. The lowest BCUT2D eigenvalue weighted by molar-refractivity contribution is -0.116. The fraction of sp³-hybridized carbons (Fsp3) is 0.533. The molecule has 19 heavy (non-hydrogen) atoms. The summed E-state index contributed by atoms with van der Waals surface area (Å²) in [4.78, 5) is 13.9. The van der Waals surface area contributed by atoms with Crippen LogP contribution in [0, 0.1) is 5.92 Å². The molecule has 0 bridgehead atoms. The van der Waals surface area contributed by atoms with Gasteiger partial charge in [0.1, 0.15) is 0 Å². The van der Waals surface area contributed by atoms with Gasteiger partial charge in [0.25, 0.3) is 0 Å². The summed E-state index contributed by atoms with van der Waals surface area (Å²) in [5, 5.41) is 2.90. The highest BCUT2D eigenvalue weighted by Crippen LogP contribution is 2.32. The molecular formula is C15H23N3O. The van der Waals surface area contributed by atoms with E-state index >= 15 is 0 Å². The third-order valence-corrected chi connectivity index (χ3v) is 3.39. The van der Waals surface area contributed by atoms with E-state index in [1.165, 1.54) is 18.4 Å². The van der Waals surface area contributed by atoms with Crippen molar-refractivity contribution in [3.8, 4) is 0 Å². The van der Waals surface area contributed by atoms with Crippen molar-refractivity contribution in [1.82, 2.24) is 4.90 Å². The summed E-state index contributed by atoms with van der Waals surface area (Å²) in [6.45, 7) is 0.904. The summed E-state index contributed by atoms with van der Waals surface area (Å²) in [5.41, 5.74) is 8.02. The van der Waals surface area contributed by atoms with Gasteiger partial charge >= 0.3 is 0 Å². The first kappa shape index (κ1) is 14.0. The maximum Gasteiger partial charge on any atom is 0.225 e. The molecule has 0 aliphatic heterocycles. The molecule has 0 radical (unpaired) electrons.